The van der Waals surface area contributed by atoms with E-state index in [1.807, 2.05) is 57.4 Å². The van der Waals surface area contributed by atoms with Gasteiger partial charge < -0.3 is 9.64 Å². The minimum Gasteiger partial charge on any atom is -0.489 e. The van der Waals surface area contributed by atoms with Gasteiger partial charge in [0.1, 0.15) is 12.4 Å². The molecule has 0 saturated carbocycles. The first kappa shape index (κ1) is 20.4. The molecular weight excluding hydrogens is 390 g/mol. The minimum absolute atomic E-state index is 0.296. The van der Waals surface area contributed by atoms with Gasteiger partial charge in [-0.15, -0.1) is 0 Å². The molecule has 0 radical (unpaired) electrons. The second-order valence-corrected chi connectivity index (χ2v) is 7.63. The van der Waals surface area contributed by atoms with Crippen molar-refractivity contribution in [2.45, 2.75) is 13.5 Å². The van der Waals surface area contributed by atoms with E-state index < -0.39 is 0 Å². The summed E-state index contributed by atoms with van der Waals surface area (Å²) in [6, 6.07) is 22.2. The summed E-state index contributed by atoms with van der Waals surface area (Å²) in [6.07, 6.45) is 0. The Hall–Kier alpha value is -3.87. The van der Waals surface area contributed by atoms with Crippen LogP contribution in [0.4, 0.5) is 5.69 Å². The van der Waals surface area contributed by atoms with Gasteiger partial charge in [-0.25, -0.2) is 4.79 Å². The van der Waals surface area contributed by atoms with Crippen LogP contribution in [0.5, 0.6) is 5.75 Å². The molecule has 0 fully saturated rings. The SMILES string of the molecule is Cc1cccc(-n2nnn(C)c2=O)c1COc1cccc(-c2ccc(N(C)C)cc2)c1. The second-order valence-electron chi connectivity index (χ2n) is 7.63. The van der Waals surface area contributed by atoms with Crippen molar-refractivity contribution in [2.24, 2.45) is 7.05 Å². The van der Waals surface area contributed by atoms with Crippen LogP contribution in [0.1, 0.15) is 11.1 Å². The van der Waals surface area contributed by atoms with Gasteiger partial charge in [-0.05, 0) is 64.4 Å². The monoisotopic (exact) mass is 415 g/mol. The molecule has 0 aliphatic rings. The molecule has 7 nitrogen and oxygen atoms in total. The van der Waals surface area contributed by atoms with Crippen molar-refractivity contribution in [3.05, 3.63) is 88.3 Å². The van der Waals surface area contributed by atoms with E-state index in [2.05, 4.69) is 45.7 Å². The van der Waals surface area contributed by atoms with Crippen molar-refractivity contribution in [1.82, 2.24) is 19.8 Å². The topological polar surface area (TPSA) is 65.2 Å². The zero-order valence-corrected chi connectivity index (χ0v) is 18.1. The fraction of sp³-hybridized carbons (Fsp3) is 0.208. The molecule has 7 heteroatoms. The zero-order chi connectivity index (χ0) is 22.0. The largest absolute Gasteiger partial charge is 0.489 e. The maximum Gasteiger partial charge on any atom is 0.368 e. The third-order valence-electron chi connectivity index (χ3n) is 5.27. The van der Waals surface area contributed by atoms with E-state index in [9.17, 15) is 4.79 Å². The maximum absolute atomic E-state index is 12.3. The molecule has 0 aliphatic heterocycles. The van der Waals surface area contributed by atoms with Crippen molar-refractivity contribution >= 4 is 5.69 Å². The summed E-state index contributed by atoms with van der Waals surface area (Å²) < 4.78 is 8.63. The molecule has 0 spiro atoms. The van der Waals surface area contributed by atoms with Crippen molar-refractivity contribution in [3.8, 4) is 22.6 Å². The first-order chi connectivity index (χ1) is 14.9. The third kappa shape index (κ3) is 4.21. The van der Waals surface area contributed by atoms with Crippen molar-refractivity contribution in [1.29, 1.82) is 0 Å². The van der Waals surface area contributed by atoms with E-state index in [4.69, 9.17) is 4.74 Å². The van der Waals surface area contributed by atoms with Crippen LogP contribution >= 0.6 is 0 Å². The van der Waals surface area contributed by atoms with Crippen LogP contribution in [-0.2, 0) is 13.7 Å². The van der Waals surface area contributed by atoms with Gasteiger partial charge in [0, 0.05) is 32.4 Å². The van der Waals surface area contributed by atoms with Gasteiger partial charge in [-0.2, -0.15) is 9.36 Å². The highest BCUT2D eigenvalue weighted by atomic mass is 16.5. The highest BCUT2D eigenvalue weighted by Gasteiger charge is 2.13. The Balaban J connectivity index is 1.59. The number of ether oxygens (including phenoxy) is 1. The first-order valence-electron chi connectivity index (χ1n) is 10.0. The van der Waals surface area contributed by atoms with Gasteiger partial charge in [-0.3, -0.25) is 0 Å². The molecule has 1 aromatic heterocycles. The molecule has 158 valence electrons. The summed E-state index contributed by atoms with van der Waals surface area (Å²) in [4.78, 5) is 14.4. The number of anilines is 1. The van der Waals surface area contributed by atoms with Crippen LogP contribution in [0, 0.1) is 6.92 Å². The lowest BCUT2D eigenvalue weighted by Crippen LogP contribution is -2.23. The number of benzene rings is 3. The van der Waals surface area contributed by atoms with Crippen molar-refractivity contribution in [3.63, 3.8) is 0 Å². The van der Waals surface area contributed by atoms with Gasteiger partial charge in [-0.1, -0.05) is 36.4 Å². The van der Waals surface area contributed by atoms with Crippen LogP contribution in [0.2, 0.25) is 0 Å². The number of hydrogen-bond acceptors (Lipinski definition) is 5. The van der Waals surface area contributed by atoms with Crippen LogP contribution in [-0.4, -0.2) is 33.9 Å². The standard InChI is InChI=1S/C24H25N5O2/c1-17-7-5-10-23(29-24(30)28(4)25-26-29)22(17)16-31-21-9-6-8-19(15-21)18-11-13-20(14-12-18)27(2)3/h5-15H,16H2,1-4H3. The molecule has 0 atom stereocenters. The fourth-order valence-corrected chi connectivity index (χ4v) is 3.41. The quantitative estimate of drug-likeness (QED) is 0.482. The molecule has 0 aliphatic carbocycles. The van der Waals surface area contributed by atoms with Crippen LogP contribution in [0.25, 0.3) is 16.8 Å². The molecule has 4 aromatic rings. The molecule has 1 heterocycles. The van der Waals surface area contributed by atoms with Crippen molar-refractivity contribution in [2.75, 3.05) is 19.0 Å². The van der Waals surface area contributed by atoms with E-state index in [0.717, 1.165) is 33.7 Å². The molecule has 4 rings (SSSR count). The first-order valence-corrected chi connectivity index (χ1v) is 10.0. The Kier molecular flexibility index (Phi) is 5.58. The van der Waals surface area contributed by atoms with Crippen LogP contribution in [0.3, 0.4) is 0 Å². The van der Waals surface area contributed by atoms with Gasteiger partial charge in [0.15, 0.2) is 0 Å². The number of aryl methyl sites for hydroxylation is 2. The van der Waals surface area contributed by atoms with Gasteiger partial charge >= 0.3 is 5.69 Å². The molecular formula is C24H25N5O2. The second kappa shape index (κ2) is 8.47. The van der Waals surface area contributed by atoms with Crippen LogP contribution < -0.4 is 15.3 Å². The normalized spacial score (nSPS) is 10.8. The Morgan fingerprint density at radius 1 is 0.935 bits per heavy atom. The summed E-state index contributed by atoms with van der Waals surface area (Å²) in [7, 11) is 5.63. The lowest BCUT2D eigenvalue weighted by molar-refractivity contribution is 0.305. The predicted molar refractivity (Wildman–Crippen MR) is 122 cm³/mol. The molecule has 0 bridgehead atoms. The Bertz CT molecular complexity index is 1260. The average molecular weight is 415 g/mol. The lowest BCUT2D eigenvalue weighted by atomic mass is 10.0. The minimum atomic E-state index is -0.296. The predicted octanol–water partition coefficient (Wildman–Crippen LogP) is 3.59. The molecule has 31 heavy (non-hydrogen) atoms. The maximum atomic E-state index is 12.3. The van der Waals surface area contributed by atoms with Crippen molar-refractivity contribution < 1.29 is 4.74 Å². The fourth-order valence-electron chi connectivity index (χ4n) is 3.41. The molecule has 0 saturated heterocycles. The van der Waals surface area contributed by atoms with Gasteiger partial charge in [0.05, 0.1) is 5.69 Å². The smallest absolute Gasteiger partial charge is 0.368 e. The number of nitrogens with zero attached hydrogens (tertiary/aromatic N) is 5. The number of rotatable bonds is 6. The van der Waals surface area contributed by atoms with E-state index in [-0.39, 0.29) is 5.69 Å². The number of tetrazole rings is 1. The Morgan fingerprint density at radius 2 is 1.68 bits per heavy atom. The Labute approximate surface area is 181 Å². The summed E-state index contributed by atoms with van der Waals surface area (Å²) in [5.41, 5.74) is 5.65. The van der Waals surface area contributed by atoms with Crippen LogP contribution in [0.15, 0.2) is 71.5 Å². The molecule has 0 amide bonds. The summed E-state index contributed by atoms with van der Waals surface area (Å²) in [5.74, 6) is 0.759. The summed E-state index contributed by atoms with van der Waals surface area (Å²) in [5, 5.41) is 7.79. The van der Waals surface area contributed by atoms with Gasteiger partial charge in [0.2, 0.25) is 0 Å². The molecule has 0 unspecified atom stereocenters. The van der Waals surface area contributed by atoms with E-state index in [0.29, 0.717) is 12.3 Å². The van der Waals surface area contributed by atoms with E-state index in [1.54, 1.807) is 7.05 Å². The highest BCUT2D eigenvalue weighted by Crippen LogP contribution is 2.27. The molecule has 3 aromatic carbocycles. The van der Waals surface area contributed by atoms with Gasteiger partial charge in [0.25, 0.3) is 0 Å². The summed E-state index contributed by atoms with van der Waals surface area (Å²) in [6.45, 7) is 2.31. The number of hydrogen-bond donors (Lipinski definition) is 0. The Morgan fingerprint density at radius 3 is 2.35 bits per heavy atom. The number of aromatic nitrogens is 4. The highest BCUT2D eigenvalue weighted by molar-refractivity contribution is 5.67. The average Bonchev–Trinajstić information content (AvgIpc) is 3.11. The lowest BCUT2D eigenvalue weighted by Gasteiger charge is -2.14. The third-order valence-corrected chi connectivity index (χ3v) is 5.27. The summed E-state index contributed by atoms with van der Waals surface area (Å²) >= 11 is 0. The zero-order valence-electron chi connectivity index (χ0n) is 18.1. The van der Waals surface area contributed by atoms with E-state index >= 15 is 0 Å². The van der Waals surface area contributed by atoms with E-state index in [1.165, 1.54) is 9.36 Å². The molecule has 0 N–H and O–H groups in total.